The number of carbonyl (C=O) groups is 1. The Morgan fingerprint density at radius 3 is 2.88 bits per heavy atom. The van der Waals surface area contributed by atoms with Gasteiger partial charge in [-0.2, -0.15) is 0 Å². The van der Waals surface area contributed by atoms with E-state index in [0.29, 0.717) is 10.6 Å². The molecule has 0 unspecified atom stereocenters. The molecule has 0 amide bonds. The van der Waals surface area contributed by atoms with Crippen molar-refractivity contribution in [1.82, 2.24) is 4.98 Å². The zero-order chi connectivity index (χ0) is 12.3. The first-order valence-corrected chi connectivity index (χ1v) is 6.72. The van der Waals surface area contributed by atoms with Gasteiger partial charge in [0.15, 0.2) is 6.29 Å². The van der Waals surface area contributed by atoms with E-state index >= 15 is 0 Å². The van der Waals surface area contributed by atoms with Crippen molar-refractivity contribution in [2.24, 2.45) is 0 Å². The number of rotatable bonds is 3. The Hall–Kier alpha value is -0.840. The molecule has 86 valence electrons. The van der Waals surface area contributed by atoms with E-state index in [0.717, 1.165) is 20.7 Å². The molecule has 1 heterocycles. The molecule has 2 nitrogen and oxygen atoms in total. The standard InChI is InChI=1S/C12H7BrClNOS/c13-10-2-1-5-15-12(10)17-11-6-9(14)4-3-8(11)7-16/h1-7H. The quantitative estimate of drug-likeness (QED) is 0.779. The fourth-order valence-corrected chi connectivity index (χ4v) is 2.89. The summed E-state index contributed by atoms with van der Waals surface area (Å²) in [7, 11) is 0. The molecule has 0 spiro atoms. The lowest BCUT2D eigenvalue weighted by molar-refractivity contribution is 0.112. The number of hydrogen-bond acceptors (Lipinski definition) is 3. The number of nitrogens with zero attached hydrogens (tertiary/aromatic N) is 1. The number of halogens is 2. The molecule has 0 fully saturated rings. The van der Waals surface area contributed by atoms with Crippen LogP contribution in [-0.4, -0.2) is 11.3 Å². The molecule has 1 aromatic carbocycles. The van der Waals surface area contributed by atoms with Gasteiger partial charge in [-0.1, -0.05) is 23.4 Å². The van der Waals surface area contributed by atoms with Crippen molar-refractivity contribution in [3.63, 3.8) is 0 Å². The Morgan fingerprint density at radius 2 is 2.18 bits per heavy atom. The Labute approximate surface area is 117 Å². The Kier molecular flexibility index (Phi) is 4.20. The largest absolute Gasteiger partial charge is 0.298 e. The molecule has 0 N–H and O–H groups in total. The maximum atomic E-state index is 10.9. The van der Waals surface area contributed by atoms with Crippen LogP contribution in [0.1, 0.15) is 10.4 Å². The van der Waals surface area contributed by atoms with Crippen LogP contribution in [0.4, 0.5) is 0 Å². The van der Waals surface area contributed by atoms with Gasteiger partial charge in [-0.3, -0.25) is 4.79 Å². The number of benzene rings is 1. The maximum Gasteiger partial charge on any atom is 0.151 e. The lowest BCUT2D eigenvalue weighted by Crippen LogP contribution is -1.87. The minimum Gasteiger partial charge on any atom is -0.298 e. The Bertz CT molecular complexity index is 562. The van der Waals surface area contributed by atoms with E-state index in [1.807, 2.05) is 12.1 Å². The smallest absolute Gasteiger partial charge is 0.151 e. The average Bonchev–Trinajstić information content (AvgIpc) is 2.32. The SMILES string of the molecule is O=Cc1ccc(Cl)cc1Sc1ncccc1Br. The van der Waals surface area contributed by atoms with Crippen LogP contribution in [-0.2, 0) is 0 Å². The topological polar surface area (TPSA) is 30.0 Å². The summed E-state index contributed by atoms with van der Waals surface area (Å²) in [4.78, 5) is 16.0. The summed E-state index contributed by atoms with van der Waals surface area (Å²) in [6, 6.07) is 8.90. The van der Waals surface area contributed by atoms with E-state index in [1.54, 1.807) is 24.4 Å². The summed E-state index contributed by atoms with van der Waals surface area (Å²) in [5, 5.41) is 1.41. The molecule has 0 atom stereocenters. The first-order valence-electron chi connectivity index (χ1n) is 4.74. The van der Waals surface area contributed by atoms with E-state index in [1.165, 1.54) is 11.8 Å². The van der Waals surface area contributed by atoms with Crippen LogP contribution in [0, 0.1) is 0 Å². The van der Waals surface area contributed by atoms with Gasteiger partial charge in [0, 0.05) is 21.7 Å². The van der Waals surface area contributed by atoms with Crippen molar-refractivity contribution in [2.45, 2.75) is 9.92 Å². The van der Waals surface area contributed by atoms with E-state index in [4.69, 9.17) is 11.6 Å². The molecule has 2 rings (SSSR count). The number of carbonyl (C=O) groups excluding carboxylic acids is 1. The van der Waals surface area contributed by atoms with E-state index in [9.17, 15) is 4.79 Å². The molecule has 5 heteroatoms. The van der Waals surface area contributed by atoms with Crippen molar-refractivity contribution >= 4 is 45.6 Å². The van der Waals surface area contributed by atoms with Crippen molar-refractivity contribution in [2.75, 3.05) is 0 Å². The maximum absolute atomic E-state index is 10.9. The van der Waals surface area contributed by atoms with Gasteiger partial charge in [-0.15, -0.1) is 0 Å². The van der Waals surface area contributed by atoms with Gasteiger partial charge in [-0.25, -0.2) is 4.98 Å². The molecular weight excluding hydrogens is 322 g/mol. The van der Waals surface area contributed by atoms with Crippen LogP contribution in [0.3, 0.4) is 0 Å². The van der Waals surface area contributed by atoms with Crippen molar-refractivity contribution in [1.29, 1.82) is 0 Å². The first-order chi connectivity index (χ1) is 8.20. The van der Waals surface area contributed by atoms with Crippen LogP contribution in [0.15, 0.2) is 50.9 Å². The van der Waals surface area contributed by atoms with Crippen LogP contribution in [0.2, 0.25) is 5.02 Å². The summed E-state index contributed by atoms with van der Waals surface area (Å²) < 4.78 is 0.891. The molecule has 17 heavy (non-hydrogen) atoms. The van der Waals surface area contributed by atoms with Crippen LogP contribution < -0.4 is 0 Å². The number of aromatic nitrogens is 1. The van der Waals surface area contributed by atoms with Crippen molar-refractivity contribution in [3.05, 3.63) is 51.6 Å². The van der Waals surface area contributed by atoms with E-state index < -0.39 is 0 Å². The predicted molar refractivity (Wildman–Crippen MR) is 72.9 cm³/mol. The monoisotopic (exact) mass is 327 g/mol. The van der Waals surface area contributed by atoms with Gasteiger partial charge in [0.25, 0.3) is 0 Å². The fraction of sp³-hybridized carbons (Fsp3) is 0. The molecule has 0 aliphatic carbocycles. The number of hydrogen-bond donors (Lipinski definition) is 0. The summed E-state index contributed by atoms with van der Waals surface area (Å²) in [5.41, 5.74) is 0.608. The number of pyridine rings is 1. The summed E-state index contributed by atoms with van der Waals surface area (Å²) in [6.45, 7) is 0. The Balaban J connectivity index is 2.39. The fourth-order valence-electron chi connectivity index (χ4n) is 1.24. The van der Waals surface area contributed by atoms with Crippen LogP contribution in [0.5, 0.6) is 0 Å². The first kappa shape index (κ1) is 12.6. The highest BCUT2D eigenvalue weighted by atomic mass is 79.9. The number of aldehydes is 1. The third-order valence-electron chi connectivity index (χ3n) is 2.03. The van der Waals surface area contributed by atoms with Crippen molar-refractivity contribution in [3.8, 4) is 0 Å². The summed E-state index contributed by atoms with van der Waals surface area (Å²) in [6.07, 6.45) is 2.52. The van der Waals surface area contributed by atoms with Gasteiger partial charge in [0.1, 0.15) is 5.03 Å². The van der Waals surface area contributed by atoms with Gasteiger partial charge < -0.3 is 0 Å². The second kappa shape index (κ2) is 5.67. The highest BCUT2D eigenvalue weighted by Gasteiger charge is 2.08. The molecular formula is C12H7BrClNOS. The van der Waals surface area contributed by atoms with Crippen LogP contribution >= 0.6 is 39.3 Å². The lowest BCUT2D eigenvalue weighted by Gasteiger charge is -2.05. The van der Waals surface area contributed by atoms with E-state index in [2.05, 4.69) is 20.9 Å². The predicted octanol–water partition coefficient (Wildman–Crippen LogP) is 4.46. The van der Waals surface area contributed by atoms with Gasteiger partial charge in [-0.05, 0) is 46.3 Å². The highest BCUT2D eigenvalue weighted by Crippen LogP contribution is 2.34. The van der Waals surface area contributed by atoms with Gasteiger partial charge in [0.2, 0.25) is 0 Å². The van der Waals surface area contributed by atoms with Crippen molar-refractivity contribution < 1.29 is 4.79 Å². The second-order valence-electron chi connectivity index (χ2n) is 3.19. The average molecular weight is 329 g/mol. The van der Waals surface area contributed by atoms with E-state index in [-0.39, 0.29) is 0 Å². The minimum atomic E-state index is 0.602. The highest BCUT2D eigenvalue weighted by molar-refractivity contribution is 9.10. The molecule has 0 saturated carbocycles. The third-order valence-corrected chi connectivity index (χ3v) is 4.26. The van der Waals surface area contributed by atoms with Crippen LogP contribution in [0.25, 0.3) is 0 Å². The lowest BCUT2D eigenvalue weighted by atomic mass is 10.2. The normalized spacial score (nSPS) is 10.2. The summed E-state index contributed by atoms with van der Waals surface area (Å²) >= 11 is 10.7. The zero-order valence-corrected chi connectivity index (χ0v) is 11.7. The Morgan fingerprint density at radius 1 is 1.35 bits per heavy atom. The van der Waals surface area contributed by atoms with Gasteiger partial charge >= 0.3 is 0 Å². The second-order valence-corrected chi connectivity index (χ2v) is 5.51. The minimum absolute atomic E-state index is 0.602. The molecule has 0 saturated heterocycles. The molecule has 0 aliphatic heterocycles. The molecule has 0 aliphatic rings. The third kappa shape index (κ3) is 3.09. The summed E-state index contributed by atoms with van der Waals surface area (Å²) in [5.74, 6) is 0. The molecule has 0 bridgehead atoms. The molecule has 0 radical (unpaired) electrons. The van der Waals surface area contributed by atoms with Gasteiger partial charge in [0.05, 0.1) is 4.47 Å². The zero-order valence-electron chi connectivity index (χ0n) is 8.56. The molecule has 2 aromatic rings. The molecule has 1 aromatic heterocycles.